The Morgan fingerprint density at radius 3 is 2.33 bits per heavy atom. The Morgan fingerprint density at radius 2 is 1.83 bits per heavy atom. The molecule has 4 N–H and O–H groups in total. The van der Waals surface area contributed by atoms with Crippen LogP contribution in [0.3, 0.4) is 0 Å². The molecule has 128 valence electrons. The van der Waals surface area contributed by atoms with Crippen LogP contribution in [0, 0.1) is 13.8 Å². The number of esters is 1. The molecule has 24 heavy (non-hydrogen) atoms. The smallest absolute Gasteiger partial charge is 0.347 e. The zero-order valence-corrected chi connectivity index (χ0v) is 13.6. The number of allylic oxidation sites excluding steroid dienone is 1. The highest BCUT2D eigenvalue weighted by atomic mass is 16.5. The monoisotopic (exact) mass is 333 g/mol. The van der Waals surface area contributed by atoms with Gasteiger partial charge in [0.15, 0.2) is 11.3 Å². The summed E-state index contributed by atoms with van der Waals surface area (Å²) in [7, 11) is 0. The third-order valence-electron chi connectivity index (χ3n) is 3.12. The first-order chi connectivity index (χ1) is 11.2. The quantitative estimate of drug-likeness (QED) is 0.239. The molecule has 0 fully saturated rings. The first-order valence-corrected chi connectivity index (χ1v) is 7.11. The van der Waals surface area contributed by atoms with Gasteiger partial charge in [0.2, 0.25) is 5.78 Å². The number of benzene rings is 1. The predicted octanol–water partition coefficient (Wildman–Crippen LogP) is 1.63. The van der Waals surface area contributed by atoms with Gasteiger partial charge in [0.1, 0.15) is 5.76 Å². The average Bonchev–Trinajstić information content (AvgIpc) is 2.46. The molecule has 0 aliphatic heterocycles. The minimum absolute atomic E-state index is 0.0687. The van der Waals surface area contributed by atoms with Gasteiger partial charge in [-0.2, -0.15) is 0 Å². The van der Waals surface area contributed by atoms with Gasteiger partial charge in [-0.05, 0) is 26.3 Å². The number of aliphatic hydroxyl groups excluding tert-OH is 2. The minimum atomic E-state index is -1.31. The summed E-state index contributed by atoms with van der Waals surface area (Å²) in [6.07, 6.45) is 0.704. The van der Waals surface area contributed by atoms with Crippen LogP contribution in [0.25, 0.3) is 5.76 Å². The van der Waals surface area contributed by atoms with Gasteiger partial charge in [0, 0.05) is 11.6 Å². The van der Waals surface area contributed by atoms with Crippen LogP contribution in [0.5, 0.6) is 0 Å². The summed E-state index contributed by atoms with van der Waals surface area (Å²) in [5, 5.41) is 19.9. The number of rotatable bonds is 6. The topological polar surface area (TPSA) is 127 Å². The Labute approximate surface area is 139 Å². The maximum atomic E-state index is 12.0. The number of aliphatic hydroxyl groups is 2. The van der Waals surface area contributed by atoms with Crippen molar-refractivity contribution in [3.63, 3.8) is 0 Å². The van der Waals surface area contributed by atoms with Crippen LogP contribution in [0.4, 0.5) is 0 Å². The second-order valence-corrected chi connectivity index (χ2v) is 5.02. The van der Waals surface area contributed by atoms with Gasteiger partial charge in [-0.3, -0.25) is 9.59 Å². The molecule has 0 aromatic heterocycles. The largest absolute Gasteiger partial charge is 0.507 e. The number of primary amides is 1. The highest BCUT2D eigenvalue weighted by Gasteiger charge is 2.26. The number of nitrogens with two attached hydrogens (primary N) is 1. The first kappa shape index (κ1) is 19.0. The number of carbonyl (C=O) groups is 3. The lowest BCUT2D eigenvalue weighted by Gasteiger charge is -2.07. The molecule has 1 aromatic carbocycles. The lowest BCUT2D eigenvalue weighted by Crippen LogP contribution is -2.26. The molecule has 1 rings (SSSR count). The molecule has 0 spiro atoms. The van der Waals surface area contributed by atoms with Gasteiger partial charge >= 0.3 is 5.97 Å². The van der Waals surface area contributed by atoms with E-state index >= 15 is 0 Å². The lowest BCUT2D eigenvalue weighted by molar-refractivity contribution is -0.140. The number of amides is 1. The van der Waals surface area contributed by atoms with E-state index in [9.17, 15) is 24.6 Å². The molecule has 0 atom stereocenters. The maximum absolute atomic E-state index is 12.0. The van der Waals surface area contributed by atoms with Crippen LogP contribution in [0.2, 0.25) is 0 Å². The zero-order valence-electron chi connectivity index (χ0n) is 13.6. The van der Waals surface area contributed by atoms with Gasteiger partial charge in [-0.15, -0.1) is 0 Å². The molecule has 0 aliphatic carbocycles. The molecule has 7 nitrogen and oxygen atoms in total. The molecule has 0 aliphatic rings. The SMILES string of the molecule is CCOC(=O)/C(C(N)=O)=C(/O)C(=O)/C=C(\O)c1ccc(C)cc1C. The second-order valence-electron chi connectivity index (χ2n) is 5.02. The van der Waals surface area contributed by atoms with Crippen molar-refractivity contribution in [3.8, 4) is 0 Å². The summed E-state index contributed by atoms with van der Waals surface area (Å²) >= 11 is 0. The van der Waals surface area contributed by atoms with E-state index in [1.165, 1.54) is 6.92 Å². The van der Waals surface area contributed by atoms with Crippen molar-refractivity contribution in [1.82, 2.24) is 0 Å². The van der Waals surface area contributed by atoms with Crippen molar-refractivity contribution in [2.24, 2.45) is 5.73 Å². The highest BCUT2D eigenvalue weighted by molar-refractivity contribution is 6.22. The number of hydrogen-bond donors (Lipinski definition) is 3. The van der Waals surface area contributed by atoms with Crippen LogP contribution < -0.4 is 5.73 Å². The molecule has 7 heteroatoms. The molecular formula is C17H19NO6. The normalized spacial score (nSPS) is 12.4. The van der Waals surface area contributed by atoms with Crippen molar-refractivity contribution < 1.29 is 29.3 Å². The van der Waals surface area contributed by atoms with Crippen molar-refractivity contribution >= 4 is 23.4 Å². The van der Waals surface area contributed by atoms with Gasteiger partial charge in [-0.25, -0.2) is 4.79 Å². The fourth-order valence-electron chi connectivity index (χ4n) is 2.01. The molecule has 0 unspecified atom stereocenters. The molecule has 1 aromatic rings. The summed E-state index contributed by atoms with van der Waals surface area (Å²) in [5.74, 6) is -5.27. The number of carbonyl (C=O) groups excluding carboxylic acids is 3. The third kappa shape index (κ3) is 4.45. The summed E-state index contributed by atoms with van der Waals surface area (Å²) in [6, 6.07) is 5.14. The maximum Gasteiger partial charge on any atom is 0.347 e. The Kier molecular flexibility index (Phi) is 6.29. The van der Waals surface area contributed by atoms with Crippen molar-refractivity contribution in [2.45, 2.75) is 20.8 Å². The molecule has 1 amide bonds. The Bertz CT molecular complexity index is 745. The van der Waals surface area contributed by atoms with Crippen molar-refractivity contribution in [1.29, 1.82) is 0 Å². The van der Waals surface area contributed by atoms with E-state index in [0.29, 0.717) is 17.2 Å². The van der Waals surface area contributed by atoms with Crippen LogP contribution in [-0.4, -0.2) is 34.5 Å². The zero-order chi connectivity index (χ0) is 18.4. The fourth-order valence-corrected chi connectivity index (χ4v) is 2.01. The highest BCUT2D eigenvalue weighted by Crippen LogP contribution is 2.19. The van der Waals surface area contributed by atoms with Gasteiger partial charge in [0.25, 0.3) is 5.91 Å². The van der Waals surface area contributed by atoms with Crippen molar-refractivity contribution in [3.05, 3.63) is 52.3 Å². The summed E-state index contributed by atoms with van der Waals surface area (Å²) in [5.41, 5.74) is 6.08. The number of hydrogen-bond acceptors (Lipinski definition) is 6. The second kappa shape index (κ2) is 7.96. The van der Waals surface area contributed by atoms with Crippen LogP contribution >= 0.6 is 0 Å². The van der Waals surface area contributed by atoms with Gasteiger partial charge in [-0.1, -0.05) is 23.8 Å². The van der Waals surface area contributed by atoms with Crippen LogP contribution in [0.1, 0.15) is 23.6 Å². The van der Waals surface area contributed by atoms with E-state index in [0.717, 1.165) is 5.56 Å². The number of ketones is 1. The summed E-state index contributed by atoms with van der Waals surface area (Å²) in [6.45, 7) is 5.03. The molecule has 0 saturated heterocycles. The summed E-state index contributed by atoms with van der Waals surface area (Å²) < 4.78 is 4.57. The average molecular weight is 333 g/mol. The van der Waals surface area contributed by atoms with Crippen molar-refractivity contribution in [2.75, 3.05) is 6.61 Å². The standard InChI is InChI=1S/C17H19NO6/c1-4-24-17(23)14(16(18)22)15(21)13(20)8-12(19)11-6-5-9(2)7-10(11)3/h5-8,19,21H,4H2,1-3H3,(H2,18,22)/b12-8-,15-14+. The molecule has 0 saturated carbocycles. The van der Waals surface area contributed by atoms with E-state index in [-0.39, 0.29) is 6.61 Å². The molecule has 0 bridgehead atoms. The molecule has 0 heterocycles. The van der Waals surface area contributed by atoms with E-state index in [4.69, 9.17) is 5.73 Å². The Balaban J connectivity index is 3.25. The van der Waals surface area contributed by atoms with Gasteiger partial charge < -0.3 is 20.7 Å². The van der Waals surface area contributed by atoms with E-state index in [1.807, 2.05) is 6.92 Å². The van der Waals surface area contributed by atoms with E-state index < -0.39 is 34.8 Å². The van der Waals surface area contributed by atoms with Crippen LogP contribution in [-0.2, 0) is 19.1 Å². The van der Waals surface area contributed by atoms with Gasteiger partial charge in [0.05, 0.1) is 6.61 Å². The van der Waals surface area contributed by atoms with E-state index in [1.54, 1.807) is 25.1 Å². The fraction of sp³-hybridized carbons (Fsp3) is 0.235. The van der Waals surface area contributed by atoms with E-state index in [2.05, 4.69) is 4.74 Å². The third-order valence-corrected chi connectivity index (χ3v) is 3.12. The van der Waals surface area contributed by atoms with Crippen LogP contribution in [0.15, 0.2) is 35.6 Å². The predicted molar refractivity (Wildman–Crippen MR) is 87.0 cm³/mol. The molecular weight excluding hydrogens is 314 g/mol. The minimum Gasteiger partial charge on any atom is -0.507 e. The lowest BCUT2D eigenvalue weighted by atomic mass is 10.0. The summed E-state index contributed by atoms with van der Waals surface area (Å²) in [4.78, 5) is 34.9. The number of aryl methyl sites for hydroxylation is 2. The Hall–Kier alpha value is -3.09. The Morgan fingerprint density at radius 1 is 1.21 bits per heavy atom. The molecule has 0 radical (unpaired) electrons. The number of ether oxygens (including phenoxy) is 1. The first-order valence-electron chi connectivity index (χ1n) is 7.11.